The lowest BCUT2D eigenvalue weighted by Crippen LogP contribution is -2.37. The number of rotatable bonds is 8. The van der Waals surface area contributed by atoms with Gasteiger partial charge in [-0.15, -0.1) is 0 Å². The summed E-state index contributed by atoms with van der Waals surface area (Å²) in [5.74, 6) is -0.394. The van der Waals surface area contributed by atoms with E-state index in [4.69, 9.17) is 0 Å². The Balaban J connectivity index is 2.09. The monoisotopic (exact) mass is 375 g/mol. The molecule has 0 atom stereocenters. The zero-order valence-corrected chi connectivity index (χ0v) is 16.2. The number of carbonyl (C=O) groups is 1. The van der Waals surface area contributed by atoms with E-state index in [2.05, 4.69) is 24.1 Å². The fourth-order valence-electron chi connectivity index (χ4n) is 2.67. The molecular weight excluding hydrogens is 350 g/mol. The van der Waals surface area contributed by atoms with Crippen molar-refractivity contribution in [1.82, 2.24) is 0 Å². The molecule has 7 heteroatoms. The van der Waals surface area contributed by atoms with Crippen molar-refractivity contribution in [2.75, 3.05) is 40.4 Å². The Hall–Kier alpha value is -2.54. The summed E-state index contributed by atoms with van der Waals surface area (Å²) in [5.41, 5.74) is 2.17. The summed E-state index contributed by atoms with van der Waals surface area (Å²) >= 11 is 0. The van der Waals surface area contributed by atoms with Crippen LogP contribution in [0.2, 0.25) is 0 Å². The van der Waals surface area contributed by atoms with Gasteiger partial charge in [0.2, 0.25) is 15.9 Å². The summed E-state index contributed by atoms with van der Waals surface area (Å²) < 4.78 is 25.2. The quantitative estimate of drug-likeness (QED) is 0.770. The molecule has 0 fully saturated rings. The van der Waals surface area contributed by atoms with Gasteiger partial charge in [0, 0.05) is 24.5 Å². The van der Waals surface area contributed by atoms with Gasteiger partial charge in [0.1, 0.15) is 6.54 Å². The molecule has 0 aliphatic rings. The molecule has 6 nitrogen and oxygen atoms in total. The molecule has 2 rings (SSSR count). The number of anilines is 3. The van der Waals surface area contributed by atoms with Crippen LogP contribution in [-0.4, -0.2) is 40.2 Å². The van der Waals surface area contributed by atoms with E-state index >= 15 is 0 Å². The van der Waals surface area contributed by atoms with Gasteiger partial charge in [0.15, 0.2) is 0 Å². The van der Waals surface area contributed by atoms with Gasteiger partial charge in [0.25, 0.3) is 0 Å². The van der Waals surface area contributed by atoms with E-state index in [-0.39, 0.29) is 6.54 Å². The maximum Gasteiger partial charge on any atom is 0.245 e. The fraction of sp³-hybridized carbons (Fsp3) is 0.316. The largest absolute Gasteiger partial charge is 0.372 e. The summed E-state index contributed by atoms with van der Waals surface area (Å²) in [7, 11) is -3.56. The van der Waals surface area contributed by atoms with Gasteiger partial charge < -0.3 is 10.2 Å². The Morgan fingerprint density at radius 1 is 0.923 bits per heavy atom. The number of nitrogens with one attached hydrogen (secondary N) is 1. The molecule has 0 aromatic heterocycles. The smallest absolute Gasteiger partial charge is 0.245 e. The predicted molar refractivity (Wildman–Crippen MR) is 107 cm³/mol. The van der Waals surface area contributed by atoms with Crippen molar-refractivity contribution in [3.8, 4) is 0 Å². The molecule has 140 valence electrons. The molecule has 2 aromatic carbocycles. The highest BCUT2D eigenvalue weighted by molar-refractivity contribution is 7.92. The molecule has 2 aromatic rings. The SMILES string of the molecule is CCN(CC)c1ccc(NC(=O)CN(c2ccccc2)S(C)(=O)=O)cc1. The number of amides is 1. The van der Waals surface area contributed by atoms with E-state index in [1.165, 1.54) is 0 Å². The topological polar surface area (TPSA) is 69.7 Å². The third kappa shape index (κ3) is 5.23. The van der Waals surface area contributed by atoms with Crippen molar-refractivity contribution < 1.29 is 13.2 Å². The number of hydrogen-bond donors (Lipinski definition) is 1. The number of carbonyl (C=O) groups excluding carboxylic acids is 1. The summed E-state index contributed by atoms with van der Waals surface area (Å²) in [6, 6.07) is 16.1. The van der Waals surface area contributed by atoms with Gasteiger partial charge in [-0.05, 0) is 50.2 Å². The summed E-state index contributed by atoms with van der Waals surface area (Å²) in [4.78, 5) is 14.5. The van der Waals surface area contributed by atoms with Gasteiger partial charge in [-0.25, -0.2) is 8.42 Å². The van der Waals surface area contributed by atoms with Crippen LogP contribution in [0.3, 0.4) is 0 Å². The van der Waals surface area contributed by atoms with Gasteiger partial charge in [-0.2, -0.15) is 0 Å². The lowest BCUT2D eigenvalue weighted by atomic mass is 10.2. The number of nitrogens with zero attached hydrogens (tertiary/aromatic N) is 2. The molecule has 0 unspecified atom stereocenters. The molecule has 0 heterocycles. The Kier molecular flexibility index (Phi) is 6.63. The van der Waals surface area contributed by atoms with E-state index in [0.717, 1.165) is 29.3 Å². The van der Waals surface area contributed by atoms with Crippen LogP contribution in [0, 0.1) is 0 Å². The second kappa shape index (κ2) is 8.71. The van der Waals surface area contributed by atoms with Crippen LogP contribution >= 0.6 is 0 Å². The Labute approximate surface area is 155 Å². The van der Waals surface area contributed by atoms with Crippen molar-refractivity contribution in [1.29, 1.82) is 0 Å². The van der Waals surface area contributed by atoms with Crippen LogP contribution in [0.1, 0.15) is 13.8 Å². The Bertz CT molecular complexity index is 817. The Morgan fingerprint density at radius 2 is 1.50 bits per heavy atom. The standard InChI is InChI=1S/C19H25N3O3S/c1-4-21(5-2)17-13-11-16(12-14-17)20-19(23)15-22(26(3,24)25)18-9-7-6-8-10-18/h6-14H,4-5,15H2,1-3H3,(H,20,23). The number of sulfonamides is 1. The highest BCUT2D eigenvalue weighted by Gasteiger charge is 2.20. The summed E-state index contributed by atoms with van der Waals surface area (Å²) in [6.07, 6.45) is 1.09. The molecule has 0 aliphatic heterocycles. The molecule has 0 radical (unpaired) electrons. The molecule has 0 aliphatic carbocycles. The second-order valence-electron chi connectivity index (χ2n) is 5.87. The maximum atomic E-state index is 12.3. The zero-order chi connectivity index (χ0) is 19.2. The molecule has 26 heavy (non-hydrogen) atoms. The molecule has 0 spiro atoms. The molecule has 0 saturated heterocycles. The average molecular weight is 375 g/mol. The minimum Gasteiger partial charge on any atom is -0.372 e. The highest BCUT2D eigenvalue weighted by atomic mass is 32.2. The van der Waals surface area contributed by atoms with Crippen molar-refractivity contribution in [3.63, 3.8) is 0 Å². The van der Waals surface area contributed by atoms with Crippen LogP contribution in [0.25, 0.3) is 0 Å². The number of benzene rings is 2. The fourth-order valence-corrected chi connectivity index (χ4v) is 3.53. The molecule has 0 bridgehead atoms. The van der Waals surface area contributed by atoms with Gasteiger partial charge in [0.05, 0.1) is 11.9 Å². The normalized spacial score (nSPS) is 11.0. The van der Waals surface area contributed by atoms with E-state index < -0.39 is 15.9 Å². The van der Waals surface area contributed by atoms with Crippen LogP contribution < -0.4 is 14.5 Å². The van der Waals surface area contributed by atoms with Gasteiger partial charge in [-0.1, -0.05) is 18.2 Å². The first kappa shape index (κ1) is 19.8. The van der Waals surface area contributed by atoms with Crippen LogP contribution in [0.5, 0.6) is 0 Å². The first-order valence-electron chi connectivity index (χ1n) is 8.52. The first-order valence-corrected chi connectivity index (χ1v) is 10.4. The van der Waals surface area contributed by atoms with Crippen molar-refractivity contribution in [3.05, 3.63) is 54.6 Å². The average Bonchev–Trinajstić information content (AvgIpc) is 2.62. The van der Waals surface area contributed by atoms with Gasteiger partial charge >= 0.3 is 0 Å². The van der Waals surface area contributed by atoms with Crippen molar-refractivity contribution >= 4 is 33.0 Å². The molecule has 1 N–H and O–H groups in total. The lowest BCUT2D eigenvalue weighted by Gasteiger charge is -2.22. The van der Waals surface area contributed by atoms with E-state index in [1.807, 2.05) is 24.3 Å². The minimum absolute atomic E-state index is 0.277. The number of hydrogen-bond acceptors (Lipinski definition) is 4. The van der Waals surface area contributed by atoms with Crippen molar-refractivity contribution in [2.24, 2.45) is 0 Å². The van der Waals surface area contributed by atoms with E-state index in [9.17, 15) is 13.2 Å². The highest BCUT2D eigenvalue weighted by Crippen LogP contribution is 2.19. The van der Waals surface area contributed by atoms with Crippen LogP contribution in [0.4, 0.5) is 17.1 Å². The molecule has 0 saturated carbocycles. The summed E-state index contributed by atoms with van der Waals surface area (Å²) in [6.45, 7) is 5.71. The van der Waals surface area contributed by atoms with Crippen LogP contribution in [0.15, 0.2) is 54.6 Å². The third-order valence-corrected chi connectivity index (χ3v) is 5.15. The van der Waals surface area contributed by atoms with Crippen molar-refractivity contribution in [2.45, 2.75) is 13.8 Å². The molecular formula is C19H25N3O3S. The zero-order valence-electron chi connectivity index (χ0n) is 15.3. The Morgan fingerprint density at radius 3 is 2.00 bits per heavy atom. The molecule has 1 amide bonds. The van der Waals surface area contributed by atoms with E-state index in [0.29, 0.717) is 11.4 Å². The second-order valence-corrected chi connectivity index (χ2v) is 7.78. The van der Waals surface area contributed by atoms with Gasteiger partial charge in [-0.3, -0.25) is 9.10 Å². The van der Waals surface area contributed by atoms with Crippen LogP contribution in [-0.2, 0) is 14.8 Å². The van der Waals surface area contributed by atoms with E-state index in [1.54, 1.807) is 30.3 Å². The lowest BCUT2D eigenvalue weighted by molar-refractivity contribution is -0.114. The first-order chi connectivity index (χ1) is 12.3. The number of para-hydroxylation sites is 1. The summed E-state index contributed by atoms with van der Waals surface area (Å²) in [5, 5.41) is 2.75. The maximum absolute atomic E-state index is 12.3. The minimum atomic E-state index is -3.56. The predicted octanol–water partition coefficient (Wildman–Crippen LogP) is 2.94. The third-order valence-electron chi connectivity index (χ3n) is 4.01.